The van der Waals surface area contributed by atoms with Crippen molar-refractivity contribution in [3.8, 4) is 5.88 Å². The average molecular weight is 369 g/mol. The lowest BCUT2D eigenvalue weighted by molar-refractivity contribution is -0.141. The molecule has 0 amide bonds. The number of rotatable bonds is 6. The Morgan fingerprint density at radius 1 is 1.04 bits per heavy atom. The Balaban J connectivity index is 0.000000765. The number of carbonyl (C=O) groups excluding carboxylic acids is 1. The Kier molecular flexibility index (Phi) is 8.69. The van der Waals surface area contributed by atoms with Crippen molar-refractivity contribution >= 4 is 12.5 Å². The fourth-order valence-corrected chi connectivity index (χ4v) is 1.77. The summed E-state index contributed by atoms with van der Waals surface area (Å²) in [6.45, 7) is 0.485. The molecule has 140 valence electrons. The highest BCUT2D eigenvalue weighted by Crippen LogP contribution is 2.28. The van der Waals surface area contributed by atoms with Crippen molar-refractivity contribution in [1.29, 1.82) is 0 Å². The topological polar surface area (TPSA) is 57.6 Å². The van der Waals surface area contributed by atoms with E-state index in [1.807, 2.05) is 24.3 Å². The molecule has 0 aliphatic heterocycles. The van der Waals surface area contributed by atoms with E-state index in [0.29, 0.717) is 6.47 Å². The molecule has 0 saturated heterocycles. The minimum absolute atomic E-state index is 0.0691. The van der Waals surface area contributed by atoms with E-state index in [1.54, 1.807) is 6.08 Å². The minimum Gasteiger partial charge on any atom is -0.504 e. The van der Waals surface area contributed by atoms with Gasteiger partial charge in [0.1, 0.15) is 12.3 Å². The quantitative estimate of drug-likeness (QED) is 0.567. The fourth-order valence-electron chi connectivity index (χ4n) is 1.77. The van der Waals surface area contributed by atoms with Crippen LogP contribution in [-0.4, -0.2) is 25.7 Å². The van der Waals surface area contributed by atoms with Crippen LogP contribution in [0.5, 0.6) is 5.88 Å². The molecule has 5 nitrogen and oxygen atoms in total. The van der Waals surface area contributed by atoms with Crippen LogP contribution in [0.3, 0.4) is 0 Å². The maximum atomic E-state index is 12.6. The lowest BCUT2D eigenvalue weighted by Gasteiger charge is -2.10. The number of carbonyl (C=O) groups is 1. The average Bonchev–Trinajstić information content (AvgIpc) is 2.65. The predicted octanol–water partition coefficient (Wildman–Crippen LogP) is 4.09. The van der Waals surface area contributed by atoms with E-state index in [-0.39, 0.29) is 12.5 Å². The highest BCUT2D eigenvalue weighted by Gasteiger charge is 2.32. The number of benzene rings is 1. The second kappa shape index (κ2) is 10.8. The first-order chi connectivity index (χ1) is 12.4. The molecule has 0 fully saturated rings. The molecule has 26 heavy (non-hydrogen) atoms. The Morgan fingerprint density at radius 2 is 1.73 bits per heavy atom. The van der Waals surface area contributed by atoms with Gasteiger partial charge in [0.2, 0.25) is 5.88 Å². The Labute approximate surface area is 149 Å². The lowest BCUT2D eigenvalue weighted by atomic mass is 10.1. The molecule has 0 bridgehead atoms. The van der Waals surface area contributed by atoms with E-state index in [2.05, 4.69) is 9.72 Å². The number of aromatic nitrogens is 1. The number of methoxy groups -OCH3 is 2. The summed E-state index contributed by atoms with van der Waals surface area (Å²) < 4.78 is 51.9. The van der Waals surface area contributed by atoms with Crippen molar-refractivity contribution in [3.63, 3.8) is 0 Å². The van der Waals surface area contributed by atoms with Crippen LogP contribution in [0, 0.1) is 0 Å². The number of ether oxygens (including phenoxy) is 3. The maximum absolute atomic E-state index is 12.6. The number of halogens is 3. The summed E-state index contributed by atoms with van der Waals surface area (Å²) in [7, 11) is 2.84. The molecular weight excluding hydrogens is 351 g/mol. The minimum atomic E-state index is -4.49. The molecule has 0 N–H and O–H groups in total. The zero-order valence-corrected chi connectivity index (χ0v) is 14.2. The smallest absolute Gasteiger partial charge is 0.433 e. The normalized spacial score (nSPS) is 10.7. The zero-order valence-electron chi connectivity index (χ0n) is 14.2. The molecule has 8 heteroatoms. The van der Waals surface area contributed by atoms with E-state index >= 15 is 0 Å². The molecule has 0 spiro atoms. The zero-order chi connectivity index (χ0) is 19.4. The van der Waals surface area contributed by atoms with Crippen molar-refractivity contribution in [2.75, 3.05) is 14.2 Å². The van der Waals surface area contributed by atoms with Gasteiger partial charge < -0.3 is 14.2 Å². The van der Waals surface area contributed by atoms with Crippen molar-refractivity contribution in [2.24, 2.45) is 0 Å². The molecule has 0 aliphatic carbocycles. The van der Waals surface area contributed by atoms with Crippen molar-refractivity contribution in [3.05, 3.63) is 65.5 Å². The third kappa shape index (κ3) is 7.25. The number of nitrogens with zero attached hydrogens (tertiary/aromatic N) is 1. The van der Waals surface area contributed by atoms with Crippen molar-refractivity contribution in [2.45, 2.75) is 12.8 Å². The second-order valence-electron chi connectivity index (χ2n) is 4.72. The summed E-state index contributed by atoms with van der Waals surface area (Å²) in [5, 5.41) is 0. The largest absolute Gasteiger partial charge is 0.504 e. The van der Waals surface area contributed by atoms with Gasteiger partial charge in [0.25, 0.3) is 6.47 Å². The highest BCUT2D eigenvalue weighted by molar-refractivity contribution is 5.52. The number of hydrogen-bond donors (Lipinski definition) is 0. The summed E-state index contributed by atoms with van der Waals surface area (Å²) in [6, 6.07) is 10.9. The number of alkyl halides is 3. The fraction of sp³-hybridized carbons (Fsp3) is 0.222. The number of hydrogen-bond acceptors (Lipinski definition) is 5. The summed E-state index contributed by atoms with van der Waals surface area (Å²) in [5.74, 6) is -0.0691. The summed E-state index contributed by atoms with van der Waals surface area (Å²) >= 11 is 0. The first-order valence-corrected chi connectivity index (χ1v) is 7.33. The summed E-state index contributed by atoms with van der Waals surface area (Å²) in [5.41, 5.74) is 0.698. The monoisotopic (exact) mass is 369 g/mol. The van der Waals surface area contributed by atoms with Gasteiger partial charge in [-0.2, -0.15) is 13.2 Å². The van der Waals surface area contributed by atoms with Gasteiger partial charge in [-0.25, -0.2) is 4.98 Å². The van der Waals surface area contributed by atoms with Crippen molar-refractivity contribution in [1.82, 2.24) is 4.98 Å². The Morgan fingerprint density at radius 3 is 2.35 bits per heavy atom. The molecule has 0 unspecified atom stereocenters. The van der Waals surface area contributed by atoms with E-state index in [0.717, 1.165) is 17.2 Å². The summed E-state index contributed by atoms with van der Waals surface area (Å²) in [6.07, 6.45) is -1.22. The number of pyridine rings is 1. The van der Waals surface area contributed by atoms with E-state index in [9.17, 15) is 13.2 Å². The molecule has 1 aromatic carbocycles. The van der Waals surface area contributed by atoms with Gasteiger partial charge in [0.15, 0.2) is 0 Å². The first kappa shape index (κ1) is 21.0. The van der Waals surface area contributed by atoms with Gasteiger partial charge in [-0.1, -0.05) is 30.3 Å². The first-order valence-electron chi connectivity index (χ1n) is 7.33. The Bertz CT molecular complexity index is 718. The summed E-state index contributed by atoms with van der Waals surface area (Å²) in [4.78, 5) is 12.4. The van der Waals surface area contributed by atoms with Crippen LogP contribution in [0.1, 0.15) is 16.8 Å². The lowest BCUT2D eigenvalue weighted by Crippen LogP contribution is -2.09. The van der Waals surface area contributed by atoms with Crippen LogP contribution in [-0.2, 0) is 27.1 Å². The maximum Gasteiger partial charge on any atom is 0.433 e. The van der Waals surface area contributed by atoms with E-state index in [4.69, 9.17) is 14.3 Å². The van der Waals surface area contributed by atoms with Crippen molar-refractivity contribution < 1.29 is 32.2 Å². The van der Waals surface area contributed by atoms with Gasteiger partial charge in [0.05, 0.1) is 20.5 Å². The molecule has 1 aromatic heterocycles. The third-order valence-corrected chi connectivity index (χ3v) is 2.92. The van der Waals surface area contributed by atoms with Crippen LogP contribution in [0.25, 0.3) is 6.08 Å². The highest BCUT2D eigenvalue weighted by atomic mass is 19.4. The molecular formula is C18H18F3NO4. The van der Waals surface area contributed by atoms with E-state index in [1.165, 1.54) is 32.6 Å². The van der Waals surface area contributed by atoms with Crippen LogP contribution in [0.4, 0.5) is 13.2 Å². The predicted molar refractivity (Wildman–Crippen MR) is 89.1 cm³/mol. The standard InChI is InChI=1S/C16H14F3NO2.C2H4O2/c1-21-10-9-12-5-2-3-6-13(12)11-22-15-8-4-7-14(20-15)16(17,18)19;1-4-2-3/h2-10H,11H2,1H3;2H,1H3/b10-9+;. The molecule has 0 aliphatic rings. The van der Waals surface area contributed by atoms with Crippen LogP contribution < -0.4 is 4.74 Å². The van der Waals surface area contributed by atoms with Gasteiger partial charge in [-0.15, -0.1) is 0 Å². The second-order valence-corrected chi connectivity index (χ2v) is 4.72. The molecule has 2 aromatic rings. The molecule has 1 heterocycles. The SMILES string of the molecule is CO/C=C/c1ccccc1COc1cccc(C(F)(F)F)n1.COC=O. The van der Waals surface area contributed by atoms with Gasteiger partial charge in [-0.3, -0.25) is 4.79 Å². The molecule has 0 atom stereocenters. The van der Waals surface area contributed by atoms with Crippen LogP contribution >= 0.6 is 0 Å². The van der Waals surface area contributed by atoms with Gasteiger partial charge in [-0.05, 0) is 23.3 Å². The molecule has 2 rings (SSSR count). The molecule has 0 radical (unpaired) electrons. The van der Waals surface area contributed by atoms with Gasteiger partial charge in [0, 0.05) is 6.07 Å². The van der Waals surface area contributed by atoms with Gasteiger partial charge >= 0.3 is 6.18 Å². The third-order valence-electron chi connectivity index (χ3n) is 2.92. The Hall–Kier alpha value is -3.03. The van der Waals surface area contributed by atoms with E-state index < -0.39 is 11.9 Å². The molecule has 0 saturated carbocycles. The van der Waals surface area contributed by atoms with Crippen LogP contribution in [0.2, 0.25) is 0 Å². The van der Waals surface area contributed by atoms with Crippen LogP contribution in [0.15, 0.2) is 48.7 Å².